The molecular formula is C23H27N5O3. The minimum Gasteiger partial charge on any atom is -0.496 e. The normalized spacial score (nSPS) is 18.7. The Morgan fingerprint density at radius 2 is 2.06 bits per heavy atom. The fourth-order valence-corrected chi connectivity index (χ4v) is 4.45. The number of nitrogens with two attached hydrogens (primary N) is 1. The van der Waals surface area contributed by atoms with Gasteiger partial charge in [-0.3, -0.25) is 10.00 Å². The fraction of sp³-hybridized carbons (Fsp3) is 0.391. The second-order valence-electron chi connectivity index (χ2n) is 8.05. The molecule has 5 rings (SSSR count). The number of pyridine rings is 1. The number of methoxy groups -OCH3 is 1. The molecule has 0 aliphatic carbocycles. The van der Waals surface area contributed by atoms with Crippen molar-refractivity contribution >= 4 is 5.82 Å². The molecule has 1 atom stereocenters. The van der Waals surface area contributed by atoms with E-state index in [0.29, 0.717) is 24.9 Å². The fourth-order valence-electron chi connectivity index (χ4n) is 4.45. The molecular weight excluding hydrogens is 394 g/mol. The Morgan fingerprint density at radius 1 is 1.23 bits per heavy atom. The SMILES string of the molecule is COc1cc2c(cc1CN1CC[C@H](c3[nH]ncc3-c3ccnc(N)c3)C1)OCCCO2. The van der Waals surface area contributed by atoms with Crippen LogP contribution in [0.3, 0.4) is 0 Å². The molecule has 4 heterocycles. The van der Waals surface area contributed by atoms with Crippen molar-refractivity contribution in [1.82, 2.24) is 20.1 Å². The third-order valence-electron chi connectivity index (χ3n) is 5.99. The molecule has 2 aliphatic rings. The summed E-state index contributed by atoms with van der Waals surface area (Å²) < 4.78 is 17.3. The lowest BCUT2D eigenvalue weighted by Gasteiger charge is -2.20. The molecule has 0 unspecified atom stereocenters. The first-order valence-electron chi connectivity index (χ1n) is 10.7. The van der Waals surface area contributed by atoms with E-state index in [4.69, 9.17) is 19.9 Å². The van der Waals surface area contributed by atoms with Gasteiger partial charge in [-0.15, -0.1) is 0 Å². The number of rotatable bonds is 5. The molecule has 31 heavy (non-hydrogen) atoms. The highest BCUT2D eigenvalue weighted by Crippen LogP contribution is 2.39. The van der Waals surface area contributed by atoms with Gasteiger partial charge in [0.05, 0.1) is 26.5 Å². The molecule has 8 nitrogen and oxygen atoms in total. The van der Waals surface area contributed by atoms with E-state index in [0.717, 1.165) is 72.1 Å². The lowest BCUT2D eigenvalue weighted by Crippen LogP contribution is -2.20. The first-order chi connectivity index (χ1) is 15.2. The summed E-state index contributed by atoms with van der Waals surface area (Å²) in [6, 6.07) is 7.88. The third-order valence-corrected chi connectivity index (χ3v) is 5.99. The van der Waals surface area contributed by atoms with Crippen molar-refractivity contribution in [3.05, 3.63) is 47.9 Å². The Morgan fingerprint density at radius 3 is 2.87 bits per heavy atom. The zero-order chi connectivity index (χ0) is 21.2. The van der Waals surface area contributed by atoms with Crippen LogP contribution in [0.25, 0.3) is 11.1 Å². The average Bonchev–Trinajstić information content (AvgIpc) is 3.38. The van der Waals surface area contributed by atoms with Crippen LogP contribution in [-0.4, -0.2) is 53.5 Å². The number of fused-ring (bicyclic) bond motifs is 1. The molecule has 0 amide bonds. The number of hydrogen-bond donors (Lipinski definition) is 2. The quantitative estimate of drug-likeness (QED) is 0.653. The molecule has 0 bridgehead atoms. The van der Waals surface area contributed by atoms with Gasteiger partial charge in [-0.25, -0.2) is 4.98 Å². The smallest absolute Gasteiger partial charge is 0.164 e. The van der Waals surface area contributed by atoms with Gasteiger partial charge in [0, 0.05) is 54.5 Å². The summed E-state index contributed by atoms with van der Waals surface area (Å²) in [5, 5.41) is 7.53. The number of hydrogen-bond acceptors (Lipinski definition) is 7. The van der Waals surface area contributed by atoms with Gasteiger partial charge in [-0.05, 0) is 36.7 Å². The summed E-state index contributed by atoms with van der Waals surface area (Å²) in [7, 11) is 1.70. The second-order valence-corrected chi connectivity index (χ2v) is 8.05. The van der Waals surface area contributed by atoms with Crippen molar-refractivity contribution in [2.24, 2.45) is 0 Å². The zero-order valence-electron chi connectivity index (χ0n) is 17.6. The van der Waals surface area contributed by atoms with Crippen LogP contribution in [0.1, 0.15) is 30.0 Å². The van der Waals surface area contributed by atoms with Gasteiger partial charge in [0.15, 0.2) is 11.5 Å². The monoisotopic (exact) mass is 421 g/mol. The number of benzene rings is 1. The summed E-state index contributed by atoms with van der Waals surface area (Å²) >= 11 is 0. The highest BCUT2D eigenvalue weighted by Gasteiger charge is 2.28. The molecule has 1 saturated heterocycles. The van der Waals surface area contributed by atoms with Gasteiger partial charge >= 0.3 is 0 Å². The topological polar surface area (TPSA) is 98.5 Å². The maximum Gasteiger partial charge on any atom is 0.164 e. The van der Waals surface area contributed by atoms with E-state index >= 15 is 0 Å². The Bertz CT molecular complexity index is 1070. The Balaban J connectivity index is 1.33. The number of nitrogens with one attached hydrogen (secondary N) is 1. The van der Waals surface area contributed by atoms with Crippen molar-refractivity contribution in [2.75, 3.05) is 39.1 Å². The van der Waals surface area contributed by atoms with Gasteiger partial charge in [-0.2, -0.15) is 5.10 Å². The van der Waals surface area contributed by atoms with Crippen molar-refractivity contribution in [2.45, 2.75) is 25.3 Å². The van der Waals surface area contributed by atoms with E-state index in [2.05, 4.69) is 26.1 Å². The molecule has 3 aromatic rings. The number of nitrogens with zero attached hydrogens (tertiary/aromatic N) is 3. The van der Waals surface area contributed by atoms with Crippen molar-refractivity contribution in [1.29, 1.82) is 0 Å². The van der Waals surface area contributed by atoms with Crippen molar-refractivity contribution in [3.8, 4) is 28.4 Å². The number of H-pyrrole nitrogens is 1. The minimum atomic E-state index is 0.373. The maximum atomic E-state index is 5.88. The first-order valence-corrected chi connectivity index (χ1v) is 10.7. The predicted molar refractivity (Wildman–Crippen MR) is 117 cm³/mol. The molecule has 0 saturated carbocycles. The summed E-state index contributed by atoms with van der Waals surface area (Å²) in [5.74, 6) is 3.28. The predicted octanol–water partition coefficient (Wildman–Crippen LogP) is 3.21. The Hall–Kier alpha value is -3.26. The average molecular weight is 422 g/mol. The number of aromatic nitrogens is 3. The molecule has 1 aromatic carbocycles. The molecule has 0 radical (unpaired) electrons. The summed E-state index contributed by atoms with van der Waals surface area (Å²) in [4.78, 5) is 6.54. The molecule has 2 aliphatic heterocycles. The molecule has 1 fully saturated rings. The van der Waals surface area contributed by atoms with Crippen LogP contribution >= 0.6 is 0 Å². The van der Waals surface area contributed by atoms with Crippen LogP contribution in [0.2, 0.25) is 0 Å². The van der Waals surface area contributed by atoms with Crippen LogP contribution in [0, 0.1) is 0 Å². The van der Waals surface area contributed by atoms with E-state index < -0.39 is 0 Å². The van der Waals surface area contributed by atoms with Gasteiger partial charge < -0.3 is 19.9 Å². The van der Waals surface area contributed by atoms with Gasteiger partial charge in [0.25, 0.3) is 0 Å². The number of anilines is 1. The lowest BCUT2D eigenvalue weighted by atomic mass is 9.97. The highest BCUT2D eigenvalue weighted by atomic mass is 16.5. The van der Waals surface area contributed by atoms with E-state index in [1.807, 2.05) is 24.4 Å². The van der Waals surface area contributed by atoms with E-state index in [1.54, 1.807) is 13.3 Å². The highest BCUT2D eigenvalue weighted by molar-refractivity contribution is 5.68. The van der Waals surface area contributed by atoms with Crippen LogP contribution in [-0.2, 0) is 6.54 Å². The van der Waals surface area contributed by atoms with Crippen LogP contribution in [0.5, 0.6) is 17.2 Å². The number of likely N-dealkylation sites (tertiary alicyclic amines) is 1. The molecule has 3 N–H and O–H groups in total. The van der Waals surface area contributed by atoms with Gasteiger partial charge in [-0.1, -0.05) is 0 Å². The molecule has 2 aromatic heterocycles. The Labute approximate surface area is 181 Å². The van der Waals surface area contributed by atoms with Crippen molar-refractivity contribution in [3.63, 3.8) is 0 Å². The van der Waals surface area contributed by atoms with Crippen LogP contribution in [0.4, 0.5) is 5.82 Å². The lowest BCUT2D eigenvalue weighted by molar-refractivity contribution is 0.296. The summed E-state index contributed by atoms with van der Waals surface area (Å²) in [6.45, 7) is 4.07. The van der Waals surface area contributed by atoms with E-state index in [-0.39, 0.29) is 0 Å². The molecule has 162 valence electrons. The maximum absolute atomic E-state index is 5.88. The van der Waals surface area contributed by atoms with Crippen LogP contribution < -0.4 is 19.9 Å². The van der Waals surface area contributed by atoms with E-state index in [1.165, 1.54) is 0 Å². The molecule has 8 heteroatoms. The summed E-state index contributed by atoms with van der Waals surface area (Å²) in [5.41, 5.74) is 10.3. The van der Waals surface area contributed by atoms with Gasteiger partial charge in [0.1, 0.15) is 11.6 Å². The zero-order valence-corrected chi connectivity index (χ0v) is 17.6. The van der Waals surface area contributed by atoms with Gasteiger partial charge in [0.2, 0.25) is 0 Å². The van der Waals surface area contributed by atoms with E-state index in [9.17, 15) is 0 Å². The second kappa shape index (κ2) is 8.47. The standard InChI is InChI=1S/C23H27N5O3/c1-29-19-11-21-20(30-7-2-8-31-21)9-17(19)14-28-6-4-16(13-28)23-18(12-26-27-23)15-3-5-25-22(24)10-15/h3,5,9-12,16H,2,4,6-8,13-14H2,1H3,(H2,24,25)(H,26,27)/t16-/m0/s1. The van der Waals surface area contributed by atoms with Crippen LogP contribution in [0.15, 0.2) is 36.7 Å². The Kier molecular flexibility index (Phi) is 5.38. The summed E-state index contributed by atoms with van der Waals surface area (Å²) in [6.07, 6.45) is 5.55. The number of aromatic amines is 1. The largest absolute Gasteiger partial charge is 0.496 e. The minimum absolute atomic E-state index is 0.373. The first kappa shape index (κ1) is 19.7. The number of nitrogen functional groups attached to an aromatic ring is 1. The molecule has 0 spiro atoms. The van der Waals surface area contributed by atoms with Crippen molar-refractivity contribution < 1.29 is 14.2 Å². The third kappa shape index (κ3) is 4.03. The number of ether oxygens (including phenoxy) is 3.